The predicted molar refractivity (Wildman–Crippen MR) is 65.7 cm³/mol. The number of ether oxygens (including phenoxy) is 1. The molecule has 0 N–H and O–H groups in total. The molecular weight excluding hydrogens is 236 g/mol. The standard InChI is InChI=1S/C14H9ClO2/c15-10-6-5-9-8-17-13-4-2-1-3-11(13)14(16)12(9)7-10/h1-7H,8H2. The molecule has 1 aliphatic rings. The monoisotopic (exact) mass is 244 g/mol. The van der Waals surface area contributed by atoms with Crippen LogP contribution >= 0.6 is 11.6 Å². The van der Waals surface area contributed by atoms with Crippen molar-refractivity contribution < 1.29 is 9.53 Å². The Morgan fingerprint density at radius 3 is 2.76 bits per heavy atom. The van der Waals surface area contributed by atoms with Crippen LogP contribution in [0.15, 0.2) is 42.5 Å². The average Bonchev–Trinajstić information content (AvgIpc) is 2.49. The van der Waals surface area contributed by atoms with Crippen LogP contribution in [0.2, 0.25) is 5.02 Å². The van der Waals surface area contributed by atoms with E-state index in [-0.39, 0.29) is 5.78 Å². The second kappa shape index (κ2) is 3.90. The number of rotatable bonds is 0. The summed E-state index contributed by atoms with van der Waals surface area (Å²) in [6.45, 7) is 0.398. The van der Waals surface area contributed by atoms with Gasteiger partial charge in [0.1, 0.15) is 12.4 Å². The minimum Gasteiger partial charge on any atom is -0.488 e. The van der Waals surface area contributed by atoms with E-state index in [9.17, 15) is 4.79 Å². The number of ketones is 1. The molecule has 0 radical (unpaired) electrons. The second-order valence-corrected chi connectivity index (χ2v) is 4.35. The first-order valence-corrected chi connectivity index (χ1v) is 5.68. The van der Waals surface area contributed by atoms with Gasteiger partial charge in [-0.1, -0.05) is 29.8 Å². The predicted octanol–water partition coefficient (Wildman–Crippen LogP) is 3.46. The molecule has 3 heteroatoms. The van der Waals surface area contributed by atoms with Crippen LogP contribution < -0.4 is 4.74 Å². The Hall–Kier alpha value is -1.80. The van der Waals surface area contributed by atoms with Crippen molar-refractivity contribution in [1.82, 2.24) is 0 Å². The summed E-state index contributed by atoms with van der Waals surface area (Å²) in [6, 6.07) is 12.6. The minimum atomic E-state index is -0.0319. The van der Waals surface area contributed by atoms with Crippen molar-refractivity contribution >= 4 is 17.4 Å². The first kappa shape index (κ1) is 10.4. The zero-order valence-corrected chi connectivity index (χ0v) is 9.70. The van der Waals surface area contributed by atoms with Gasteiger partial charge in [-0.05, 0) is 24.3 Å². The summed E-state index contributed by atoms with van der Waals surface area (Å²) < 4.78 is 5.62. The lowest BCUT2D eigenvalue weighted by Crippen LogP contribution is -2.02. The normalized spacial score (nSPS) is 13.4. The van der Waals surface area contributed by atoms with Gasteiger partial charge in [0.25, 0.3) is 0 Å². The van der Waals surface area contributed by atoms with Crippen LogP contribution in [-0.2, 0) is 6.61 Å². The number of fused-ring (bicyclic) bond motifs is 2. The topological polar surface area (TPSA) is 26.3 Å². The lowest BCUT2D eigenvalue weighted by atomic mass is 9.99. The van der Waals surface area contributed by atoms with Gasteiger partial charge >= 0.3 is 0 Å². The number of carbonyl (C=O) groups excluding carboxylic acids is 1. The van der Waals surface area contributed by atoms with E-state index < -0.39 is 0 Å². The van der Waals surface area contributed by atoms with E-state index in [0.29, 0.717) is 28.5 Å². The largest absolute Gasteiger partial charge is 0.488 e. The smallest absolute Gasteiger partial charge is 0.197 e. The number of para-hydroxylation sites is 1. The van der Waals surface area contributed by atoms with Gasteiger partial charge in [0.15, 0.2) is 5.78 Å². The van der Waals surface area contributed by atoms with E-state index >= 15 is 0 Å². The molecule has 2 aromatic carbocycles. The van der Waals surface area contributed by atoms with Crippen LogP contribution in [0.5, 0.6) is 5.75 Å². The molecule has 1 heterocycles. The Balaban J connectivity index is 2.22. The maximum Gasteiger partial charge on any atom is 0.197 e. The molecule has 0 atom stereocenters. The fourth-order valence-corrected chi connectivity index (χ4v) is 2.14. The third-order valence-corrected chi connectivity index (χ3v) is 3.07. The van der Waals surface area contributed by atoms with Crippen molar-refractivity contribution in [2.24, 2.45) is 0 Å². The molecule has 0 saturated heterocycles. The number of benzene rings is 2. The van der Waals surface area contributed by atoms with Gasteiger partial charge < -0.3 is 4.74 Å². The highest BCUT2D eigenvalue weighted by molar-refractivity contribution is 6.31. The Morgan fingerprint density at radius 1 is 1.06 bits per heavy atom. The Morgan fingerprint density at radius 2 is 1.88 bits per heavy atom. The van der Waals surface area contributed by atoms with Crippen LogP contribution in [0.1, 0.15) is 21.5 Å². The van der Waals surface area contributed by atoms with E-state index in [1.165, 1.54) is 0 Å². The lowest BCUT2D eigenvalue weighted by Gasteiger charge is -2.04. The quantitative estimate of drug-likeness (QED) is 0.709. The molecule has 0 fully saturated rings. The van der Waals surface area contributed by atoms with Crippen LogP contribution in [0.3, 0.4) is 0 Å². The van der Waals surface area contributed by atoms with Crippen molar-refractivity contribution in [3.8, 4) is 5.75 Å². The van der Waals surface area contributed by atoms with Crippen LogP contribution in [0.25, 0.3) is 0 Å². The summed E-state index contributed by atoms with van der Waals surface area (Å²) in [7, 11) is 0. The zero-order valence-electron chi connectivity index (χ0n) is 8.94. The summed E-state index contributed by atoms with van der Waals surface area (Å²) in [5.41, 5.74) is 2.09. The summed E-state index contributed by atoms with van der Waals surface area (Å²) in [6.07, 6.45) is 0. The van der Waals surface area contributed by atoms with Crippen molar-refractivity contribution in [2.45, 2.75) is 6.61 Å². The van der Waals surface area contributed by atoms with Gasteiger partial charge in [-0.2, -0.15) is 0 Å². The molecule has 2 nitrogen and oxygen atoms in total. The minimum absolute atomic E-state index is 0.0319. The van der Waals surface area contributed by atoms with E-state index in [0.717, 1.165) is 5.56 Å². The van der Waals surface area contributed by atoms with E-state index in [1.807, 2.05) is 18.2 Å². The highest BCUT2D eigenvalue weighted by Gasteiger charge is 2.21. The summed E-state index contributed by atoms with van der Waals surface area (Å²) in [5.74, 6) is 0.598. The number of hydrogen-bond acceptors (Lipinski definition) is 2. The zero-order chi connectivity index (χ0) is 11.8. The van der Waals surface area contributed by atoms with Crippen LogP contribution in [-0.4, -0.2) is 5.78 Å². The number of hydrogen-bond donors (Lipinski definition) is 0. The molecule has 0 aliphatic carbocycles. The SMILES string of the molecule is O=C1c2cc(Cl)ccc2COc2ccccc21. The van der Waals surface area contributed by atoms with E-state index in [4.69, 9.17) is 16.3 Å². The lowest BCUT2D eigenvalue weighted by molar-refractivity contribution is 0.103. The first-order valence-electron chi connectivity index (χ1n) is 5.30. The summed E-state index contributed by atoms with van der Waals surface area (Å²) in [5, 5.41) is 0.566. The fourth-order valence-electron chi connectivity index (χ4n) is 1.97. The summed E-state index contributed by atoms with van der Waals surface area (Å²) >= 11 is 5.93. The molecule has 84 valence electrons. The van der Waals surface area contributed by atoms with Gasteiger partial charge in [-0.3, -0.25) is 4.79 Å². The van der Waals surface area contributed by atoms with E-state index in [2.05, 4.69) is 0 Å². The average molecular weight is 245 g/mol. The van der Waals surface area contributed by atoms with Crippen molar-refractivity contribution in [2.75, 3.05) is 0 Å². The second-order valence-electron chi connectivity index (χ2n) is 3.92. The molecule has 0 amide bonds. The Labute approximate surface area is 104 Å². The molecule has 0 aromatic heterocycles. The highest BCUT2D eigenvalue weighted by atomic mass is 35.5. The third-order valence-electron chi connectivity index (χ3n) is 2.83. The van der Waals surface area contributed by atoms with Gasteiger partial charge in [0, 0.05) is 16.1 Å². The van der Waals surface area contributed by atoms with Gasteiger partial charge in [0.2, 0.25) is 0 Å². The maximum atomic E-state index is 12.3. The number of halogens is 1. The molecule has 0 unspecified atom stereocenters. The molecule has 0 bridgehead atoms. The highest BCUT2D eigenvalue weighted by Crippen LogP contribution is 2.29. The molecular formula is C14H9ClO2. The molecule has 0 spiro atoms. The number of carbonyl (C=O) groups is 1. The molecule has 17 heavy (non-hydrogen) atoms. The van der Waals surface area contributed by atoms with Crippen LogP contribution in [0.4, 0.5) is 0 Å². The molecule has 0 saturated carbocycles. The van der Waals surface area contributed by atoms with Crippen molar-refractivity contribution in [3.05, 3.63) is 64.2 Å². The van der Waals surface area contributed by atoms with Crippen molar-refractivity contribution in [3.63, 3.8) is 0 Å². The third kappa shape index (κ3) is 1.71. The van der Waals surface area contributed by atoms with Crippen LogP contribution in [0, 0.1) is 0 Å². The van der Waals surface area contributed by atoms with Gasteiger partial charge in [0.05, 0.1) is 5.56 Å². The van der Waals surface area contributed by atoms with Crippen molar-refractivity contribution in [1.29, 1.82) is 0 Å². The molecule has 3 rings (SSSR count). The molecule has 1 aliphatic heterocycles. The van der Waals surface area contributed by atoms with Gasteiger partial charge in [-0.15, -0.1) is 0 Å². The molecule has 2 aromatic rings. The maximum absolute atomic E-state index is 12.3. The fraction of sp³-hybridized carbons (Fsp3) is 0.0714. The Kier molecular flexibility index (Phi) is 2.37. The Bertz CT molecular complexity index is 605. The first-order chi connectivity index (χ1) is 8.25. The van der Waals surface area contributed by atoms with E-state index in [1.54, 1.807) is 24.3 Å². The summed E-state index contributed by atoms with van der Waals surface area (Å²) in [4.78, 5) is 12.3. The van der Waals surface area contributed by atoms with Gasteiger partial charge in [-0.25, -0.2) is 0 Å².